The lowest BCUT2D eigenvalue weighted by Crippen LogP contribution is -2.30. The highest BCUT2D eigenvalue weighted by Crippen LogP contribution is 2.44. The van der Waals surface area contributed by atoms with E-state index in [0.717, 1.165) is 18.6 Å². The summed E-state index contributed by atoms with van der Waals surface area (Å²) in [6.07, 6.45) is 4.51. The van der Waals surface area contributed by atoms with E-state index in [1.54, 1.807) is 0 Å². The standard InChI is InChI=1S/C18H22ClN3O2/c1-11-8-14-16(4-3-7-23-18(14)15(19)9-11)22(13-5-6-13)10-17-21-20-12(2)24-17/h8-9,13,16H,3-7,10H2,1-2H3/t16-/m1/s1. The number of aromatic nitrogens is 2. The molecule has 0 spiro atoms. The van der Waals surface area contributed by atoms with Gasteiger partial charge in [-0.2, -0.15) is 0 Å². The molecule has 6 heteroatoms. The Bertz CT molecular complexity index is 742. The lowest BCUT2D eigenvalue weighted by atomic mass is 9.98. The molecule has 2 heterocycles. The number of rotatable bonds is 4. The fraction of sp³-hybridized carbons (Fsp3) is 0.556. The van der Waals surface area contributed by atoms with Crippen LogP contribution in [0.15, 0.2) is 16.5 Å². The number of benzene rings is 1. The second kappa shape index (κ2) is 6.37. The van der Waals surface area contributed by atoms with Crippen LogP contribution in [0.4, 0.5) is 0 Å². The Kier molecular flexibility index (Phi) is 4.22. The van der Waals surface area contributed by atoms with Crippen LogP contribution in [-0.2, 0) is 6.54 Å². The fourth-order valence-corrected chi connectivity index (χ4v) is 3.90. The predicted octanol–water partition coefficient (Wildman–Crippen LogP) is 4.22. The molecule has 1 aromatic carbocycles. The fourth-order valence-electron chi connectivity index (χ4n) is 3.56. The average molecular weight is 348 g/mol. The second-order valence-electron chi connectivity index (χ2n) is 6.79. The van der Waals surface area contributed by atoms with Gasteiger partial charge in [-0.15, -0.1) is 10.2 Å². The van der Waals surface area contributed by atoms with Gasteiger partial charge in [0.2, 0.25) is 11.8 Å². The molecule has 1 aliphatic heterocycles. The van der Waals surface area contributed by atoms with Crippen LogP contribution < -0.4 is 4.74 Å². The molecular weight excluding hydrogens is 326 g/mol. The molecule has 0 saturated heterocycles. The third-order valence-electron chi connectivity index (χ3n) is 4.75. The first kappa shape index (κ1) is 15.9. The molecule has 1 fully saturated rings. The SMILES string of the molecule is Cc1cc(Cl)c2c(c1)[C@H](N(Cc1nnc(C)o1)C1CC1)CCCO2. The second-order valence-corrected chi connectivity index (χ2v) is 7.20. The quantitative estimate of drug-likeness (QED) is 0.828. The number of halogens is 1. The van der Waals surface area contributed by atoms with Crippen molar-refractivity contribution in [1.82, 2.24) is 15.1 Å². The summed E-state index contributed by atoms with van der Waals surface area (Å²) >= 11 is 6.46. The number of ether oxygens (including phenoxy) is 1. The van der Waals surface area contributed by atoms with Crippen LogP contribution in [0.1, 0.15) is 54.6 Å². The first-order valence-corrected chi connectivity index (χ1v) is 8.97. The van der Waals surface area contributed by atoms with E-state index in [2.05, 4.69) is 28.1 Å². The molecule has 5 nitrogen and oxygen atoms in total. The van der Waals surface area contributed by atoms with E-state index in [-0.39, 0.29) is 6.04 Å². The van der Waals surface area contributed by atoms with E-state index in [4.69, 9.17) is 20.8 Å². The maximum absolute atomic E-state index is 6.46. The van der Waals surface area contributed by atoms with Crippen molar-refractivity contribution in [3.05, 3.63) is 40.1 Å². The van der Waals surface area contributed by atoms with Crippen molar-refractivity contribution in [2.45, 2.75) is 58.2 Å². The van der Waals surface area contributed by atoms with Gasteiger partial charge < -0.3 is 9.15 Å². The van der Waals surface area contributed by atoms with Crippen LogP contribution in [0.3, 0.4) is 0 Å². The van der Waals surface area contributed by atoms with E-state index in [1.807, 2.05) is 13.0 Å². The Morgan fingerprint density at radius 1 is 1.21 bits per heavy atom. The topological polar surface area (TPSA) is 51.4 Å². The lowest BCUT2D eigenvalue weighted by Gasteiger charge is -2.31. The first-order valence-electron chi connectivity index (χ1n) is 8.59. The van der Waals surface area contributed by atoms with E-state index < -0.39 is 0 Å². The molecule has 4 rings (SSSR count). The number of aryl methyl sites for hydroxylation is 2. The third-order valence-corrected chi connectivity index (χ3v) is 5.03. The minimum Gasteiger partial charge on any atom is -0.492 e. The molecule has 0 radical (unpaired) electrons. The van der Waals surface area contributed by atoms with Crippen molar-refractivity contribution in [3.8, 4) is 5.75 Å². The molecule has 1 atom stereocenters. The summed E-state index contributed by atoms with van der Waals surface area (Å²) in [7, 11) is 0. The molecule has 0 N–H and O–H groups in total. The van der Waals surface area contributed by atoms with Crippen molar-refractivity contribution in [2.24, 2.45) is 0 Å². The molecule has 1 aromatic heterocycles. The van der Waals surface area contributed by atoms with Gasteiger partial charge in [-0.1, -0.05) is 17.7 Å². The van der Waals surface area contributed by atoms with Gasteiger partial charge in [-0.3, -0.25) is 4.90 Å². The number of hydrogen-bond donors (Lipinski definition) is 0. The zero-order valence-electron chi connectivity index (χ0n) is 14.1. The van der Waals surface area contributed by atoms with Crippen molar-refractivity contribution >= 4 is 11.6 Å². The monoisotopic (exact) mass is 347 g/mol. The maximum atomic E-state index is 6.46. The summed E-state index contributed by atoms with van der Waals surface area (Å²) in [4.78, 5) is 2.50. The van der Waals surface area contributed by atoms with Gasteiger partial charge in [0.1, 0.15) is 5.75 Å². The minimum atomic E-state index is 0.277. The van der Waals surface area contributed by atoms with Crippen LogP contribution in [0.25, 0.3) is 0 Å². The van der Waals surface area contributed by atoms with Crippen molar-refractivity contribution < 1.29 is 9.15 Å². The maximum Gasteiger partial charge on any atom is 0.230 e. The highest BCUT2D eigenvalue weighted by molar-refractivity contribution is 6.32. The van der Waals surface area contributed by atoms with Gasteiger partial charge in [-0.25, -0.2) is 0 Å². The van der Waals surface area contributed by atoms with Crippen LogP contribution in [-0.4, -0.2) is 27.7 Å². The molecular formula is C18H22ClN3O2. The average Bonchev–Trinajstić information content (AvgIpc) is 3.32. The summed E-state index contributed by atoms with van der Waals surface area (Å²) in [5.74, 6) is 2.14. The van der Waals surface area contributed by atoms with E-state index >= 15 is 0 Å². The summed E-state index contributed by atoms with van der Waals surface area (Å²) < 4.78 is 11.6. The Morgan fingerprint density at radius 2 is 2.04 bits per heavy atom. The number of nitrogens with zero attached hydrogens (tertiary/aromatic N) is 3. The molecule has 1 aliphatic carbocycles. The smallest absolute Gasteiger partial charge is 0.230 e. The Balaban J connectivity index is 1.70. The lowest BCUT2D eigenvalue weighted by molar-refractivity contribution is 0.151. The van der Waals surface area contributed by atoms with Gasteiger partial charge in [0.25, 0.3) is 0 Å². The number of fused-ring (bicyclic) bond motifs is 1. The molecule has 0 unspecified atom stereocenters. The van der Waals surface area contributed by atoms with Crippen molar-refractivity contribution in [3.63, 3.8) is 0 Å². The van der Waals surface area contributed by atoms with Crippen molar-refractivity contribution in [1.29, 1.82) is 0 Å². The van der Waals surface area contributed by atoms with E-state index in [1.165, 1.54) is 24.0 Å². The number of hydrogen-bond acceptors (Lipinski definition) is 5. The molecule has 0 amide bonds. The first-order chi connectivity index (χ1) is 11.6. The minimum absolute atomic E-state index is 0.277. The molecule has 0 bridgehead atoms. The molecule has 1 saturated carbocycles. The summed E-state index contributed by atoms with van der Waals surface area (Å²) in [5.41, 5.74) is 2.36. The molecule has 2 aliphatic rings. The highest BCUT2D eigenvalue weighted by Gasteiger charge is 2.37. The van der Waals surface area contributed by atoms with Crippen LogP contribution in [0, 0.1) is 13.8 Å². The Labute approximate surface area is 147 Å². The zero-order valence-corrected chi connectivity index (χ0v) is 14.8. The summed E-state index contributed by atoms with van der Waals surface area (Å²) in [6, 6.07) is 5.05. The predicted molar refractivity (Wildman–Crippen MR) is 91.3 cm³/mol. The molecule has 24 heavy (non-hydrogen) atoms. The van der Waals surface area contributed by atoms with Crippen LogP contribution in [0.2, 0.25) is 5.02 Å². The normalized spacial score (nSPS) is 20.6. The van der Waals surface area contributed by atoms with Gasteiger partial charge in [0.15, 0.2) is 0 Å². The zero-order chi connectivity index (χ0) is 16.7. The van der Waals surface area contributed by atoms with Crippen LogP contribution in [0.5, 0.6) is 5.75 Å². The summed E-state index contributed by atoms with van der Waals surface area (Å²) in [6.45, 7) is 5.30. The van der Waals surface area contributed by atoms with E-state index in [0.29, 0.717) is 36.0 Å². The van der Waals surface area contributed by atoms with Crippen molar-refractivity contribution in [2.75, 3.05) is 6.61 Å². The molecule has 2 aromatic rings. The van der Waals surface area contributed by atoms with Gasteiger partial charge in [-0.05, 0) is 44.2 Å². The van der Waals surface area contributed by atoms with Gasteiger partial charge in [0.05, 0.1) is 18.2 Å². The third kappa shape index (κ3) is 3.15. The largest absolute Gasteiger partial charge is 0.492 e. The highest BCUT2D eigenvalue weighted by atomic mass is 35.5. The Morgan fingerprint density at radius 3 is 2.75 bits per heavy atom. The van der Waals surface area contributed by atoms with Gasteiger partial charge >= 0.3 is 0 Å². The summed E-state index contributed by atoms with van der Waals surface area (Å²) in [5, 5.41) is 8.87. The molecule has 128 valence electrons. The Hall–Kier alpha value is -1.59. The van der Waals surface area contributed by atoms with Gasteiger partial charge in [0, 0.05) is 24.6 Å². The van der Waals surface area contributed by atoms with E-state index in [9.17, 15) is 0 Å². The van der Waals surface area contributed by atoms with Crippen LogP contribution >= 0.6 is 11.6 Å².